The van der Waals surface area contributed by atoms with Crippen LogP contribution in [-0.4, -0.2) is 47.5 Å². The summed E-state index contributed by atoms with van der Waals surface area (Å²) in [7, 11) is 1.84. The molecule has 0 amide bonds. The number of nitrogens with one attached hydrogen (secondary N) is 1. The minimum Gasteiger partial charge on any atom is -0.311 e. The second-order valence-electron chi connectivity index (χ2n) is 7.10. The maximum absolute atomic E-state index is 6.16. The van der Waals surface area contributed by atoms with Gasteiger partial charge in [0.2, 0.25) is 5.16 Å². The van der Waals surface area contributed by atoms with Gasteiger partial charge in [-0.1, -0.05) is 71.4 Å². The van der Waals surface area contributed by atoms with Crippen molar-refractivity contribution in [1.82, 2.24) is 40.5 Å². The lowest BCUT2D eigenvalue weighted by atomic mass is 10.1. The molecule has 11 heteroatoms. The highest BCUT2D eigenvalue weighted by Gasteiger charge is 2.13. The zero-order valence-electron chi connectivity index (χ0n) is 17.4. The molecule has 0 saturated heterocycles. The van der Waals surface area contributed by atoms with E-state index in [1.807, 2.05) is 49.5 Å². The van der Waals surface area contributed by atoms with Crippen LogP contribution in [0.4, 0.5) is 0 Å². The number of rotatable bonds is 10. The van der Waals surface area contributed by atoms with Crippen LogP contribution in [0, 0.1) is 0 Å². The zero-order chi connectivity index (χ0) is 22.3. The summed E-state index contributed by atoms with van der Waals surface area (Å²) in [5.74, 6) is 0.927. The van der Waals surface area contributed by atoms with Crippen molar-refractivity contribution in [3.05, 3.63) is 69.8 Å². The summed E-state index contributed by atoms with van der Waals surface area (Å²) in [6.07, 6.45) is 0.982. The van der Waals surface area contributed by atoms with Crippen molar-refractivity contribution in [2.75, 3.05) is 12.3 Å². The number of nitrogens with zero attached hydrogens (tertiary/aromatic N) is 7. The molecule has 0 fully saturated rings. The van der Waals surface area contributed by atoms with Crippen LogP contribution in [0.25, 0.3) is 11.3 Å². The second-order valence-corrected chi connectivity index (χ2v) is 8.98. The molecule has 0 atom stereocenters. The highest BCUT2D eigenvalue weighted by Crippen LogP contribution is 2.24. The van der Waals surface area contributed by atoms with Crippen LogP contribution >= 0.6 is 35.0 Å². The Labute approximate surface area is 200 Å². The Balaban J connectivity index is 1.39. The zero-order valence-corrected chi connectivity index (χ0v) is 19.8. The van der Waals surface area contributed by atoms with Gasteiger partial charge in [0.25, 0.3) is 0 Å². The highest BCUT2D eigenvalue weighted by atomic mass is 35.5. The van der Waals surface area contributed by atoms with Crippen molar-refractivity contribution in [2.45, 2.75) is 24.7 Å². The van der Waals surface area contributed by atoms with Gasteiger partial charge in [-0.2, -0.15) is 15.0 Å². The molecule has 8 nitrogen and oxygen atoms in total. The number of hydrogen-bond donors (Lipinski definition) is 1. The number of aromatic nitrogens is 7. The Kier molecular flexibility index (Phi) is 7.75. The molecule has 0 aliphatic rings. The average molecular weight is 489 g/mol. The standard InChI is InChI=1S/C21H22Cl2N8S/c1-30-21(25-28-29-30)32-11-5-10-24-13-19-20(16-6-3-2-4-7-16)27-31(26-19)14-15-8-9-17(22)18(23)12-15/h2-4,6-9,12,24H,5,10-11,13-14H2,1H3. The summed E-state index contributed by atoms with van der Waals surface area (Å²) in [5, 5.41) is 26.3. The molecule has 4 rings (SSSR count). The summed E-state index contributed by atoms with van der Waals surface area (Å²) in [5.41, 5.74) is 3.80. The Morgan fingerprint density at radius 3 is 2.62 bits per heavy atom. The van der Waals surface area contributed by atoms with E-state index in [0.29, 0.717) is 23.1 Å². The lowest BCUT2D eigenvalue weighted by molar-refractivity contribution is 0.576. The van der Waals surface area contributed by atoms with Gasteiger partial charge in [-0.15, -0.1) is 5.10 Å². The summed E-state index contributed by atoms with van der Waals surface area (Å²) < 4.78 is 1.68. The third-order valence-electron chi connectivity index (χ3n) is 4.68. The fourth-order valence-corrected chi connectivity index (χ4v) is 4.21. The molecule has 0 unspecified atom stereocenters. The molecule has 0 bridgehead atoms. The first-order valence-electron chi connectivity index (χ1n) is 10.1. The van der Waals surface area contributed by atoms with Crippen LogP contribution in [-0.2, 0) is 20.1 Å². The van der Waals surface area contributed by atoms with Crippen LogP contribution in [0.15, 0.2) is 53.7 Å². The largest absolute Gasteiger partial charge is 0.311 e. The van der Waals surface area contributed by atoms with Gasteiger partial charge < -0.3 is 5.32 Å². The van der Waals surface area contributed by atoms with E-state index in [4.69, 9.17) is 33.4 Å². The molecule has 2 heterocycles. The predicted octanol–water partition coefficient (Wildman–Crippen LogP) is 4.10. The SMILES string of the molecule is Cn1nnnc1SCCCNCc1nn(Cc2ccc(Cl)c(Cl)c2)nc1-c1ccccc1. The maximum Gasteiger partial charge on any atom is 0.209 e. The number of halogens is 2. The third-order valence-corrected chi connectivity index (χ3v) is 6.52. The number of thioether (sulfide) groups is 1. The van der Waals surface area contributed by atoms with Gasteiger partial charge in [0.15, 0.2) is 0 Å². The molecule has 0 aliphatic heterocycles. The molecule has 0 aliphatic carbocycles. The summed E-state index contributed by atoms with van der Waals surface area (Å²) in [6.45, 7) is 1.99. The molecule has 2 aromatic carbocycles. The highest BCUT2D eigenvalue weighted by molar-refractivity contribution is 7.99. The van der Waals surface area contributed by atoms with Gasteiger partial charge in [0.1, 0.15) is 11.4 Å². The Hall–Kier alpha value is -2.46. The van der Waals surface area contributed by atoms with Crippen molar-refractivity contribution in [1.29, 1.82) is 0 Å². The van der Waals surface area contributed by atoms with E-state index in [1.165, 1.54) is 0 Å². The molecule has 32 heavy (non-hydrogen) atoms. The van der Waals surface area contributed by atoms with Crippen LogP contribution in [0.2, 0.25) is 10.0 Å². The van der Waals surface area contributed by atoms with Gasteiger partial charge in [-0.3, -0.25) is 0 Å². The Morgan fingerprint density at radius 2 is 1.88 bits per heavy atom. The van der Waals surface area contributed by atoms with Crippen LogP contribution < -0.4 is 5.32 Å². The minimum absolute atomic E-state index is 0.513. The molecule has 0 saturated carbocycles. The molecular weight excluding hydrogens is 467 g/mol. The van der Waals surface area contributed by atoms with E-state index in [9.17, 15) is 0 Å². The minimum atomic E-state index is 0.513. The van der Waals surface area contributed by atoms with Crippen LogP contribution in [0.1, 0.15) is 17.7 Å². The first kappa shape index (κ1) is 22.7. The van der Waals surface area contributed by atoms with Crippen molar-refractivity contribution < 1.29 is 0 Å². The van der Waals surface area contributed by atoms with Gasteiger partial charge in [-0.05, 0) is 41.1 Å². The van der Waals surface area contributed by atoms with E-state index >= 15 is 0 Å². The van der Waals surface area contributed by atoms with Crippen LogP contribution in [0.3, 0.4) is 0 Å². The fourth-order valence-electron chi connectivity index (χ4n) is 3.10. The van der Waals surface area contributed by atoms with E-state index in [-0.39, 0.29) is 0 Å². The van der Waals surface area contributed by atoms with Crippen LogP contribution in [0.5, 0.6) is 0 Å². The van der Waals surface area contributed by atoms with Crippen molar-refractivity contribution >= 4 is 35.0 Å². The molecule has 0 radical (unpaired) electrons. The summed E-state index contributed by atoms with van der Waals surface area (Å²) in [6, 6.07) is 15.7. The quantitative estimate of drug-likeness (QED) is 0.265. The summed E-state index contributed by atoms with van der Waals surface area (Å²) in [4.78, 5) is 1.70. The second kappa shape index (κ2) is 10.9. The van der Waals surface area contributed by atoms with Crippen molar-refractivity contribution in [3.63, 3.8) is 0 Å². The summed E-state index contributed by atoms with van der Waals surface area (Å²) >= 11 is 13.8. The number of tetrazole rings is 1. The van der Waals surface area contributed by atoms with Crippen molar-refractivity contribution in [3.8, 4) is 11.3 Å². The average Bonchev–Trinajstić information content (AvgIpc) is 3.39. The lowest BCUT2D eigenvalue weighted by Crippen LogP contribution is -2.16. The van der Waals surface area contributed by atoms with E-state index in [2.05, 4.69) is 20.8 Å². The van der Waals surface area contributed by atoms with Gasteiger partial charge in [-0.25, -0.2) is 4.68 Å². The monoisotopic (exact) mass is 488 g/mol. The Bertz CT molecular complexity index is 1160. The topological polar surface area (TPSA) is 86.3 Å². The molecule has 1 N–H and O–H groups in total. The van der Waals surface area contributed by atoms with Gasteiger partial charge in [0, 0.05) is 24.9 Å². The van der Waals surface area contributed by atoms with E-state index < -0.39 is 0 Å². The smallest absolute Gasteiger partial charge is 0.209 e. The number of aryl methyl sites for hydroxylation is 1. The first-order chi connectivity index (χ1) is 15.6. The molecule has 2 aromatic heterocycles. The van der Waals surface area contributed by atoms with Gasteiger partial charge in [0.05, 0.1) is 16.6 Å². The first-order valence-corrected chi connectivity index (χ1v) is 11.8. The molecular formula is C21H22Cl2N8S. The molecule has 4 aromatic rings. The number of benzene rings is 2. The third kappa shape index (κ3) is 5.86. The predicted molar refractivity (Wildman–Crippen MR) is 127 cm³/mol. The van der Waals surface area contributed by atoms with Crippen molar-refractivity contribution in [2.24, 2.45) is 7.05 Å². The lowest BCUT2D eigenvalue weighted by Gasteiger charge is -2.04. The number of hydrogen-bond acceptors (Lipinski definition) is 7. The normalized spacial score (nSPS) is 11.2. The van der Waals surface area contributed by atoms with E-state index in [0.717, 1.165) is 46.4 Å². The van der Waals surface area contributed by atoms with Gasteiger partial charge >= 0.3 is 0 Å². The maximum atomic E-state index is 6.16. The molecule has 166 valence electrons. The fraction of sp³-hybridized carbons (Fsp3) is 0.286. The molecule has 0 spiro atoms. The van der Waals surface area contributed by atoms with E-state index in [1.54, 1.807) is 27.3 Å². The Morgan fingerprint density at radius 1 is 1.03 bits per heavy atom.